The fourth-order valence-corrected chi connectivity index (χ4v) is 1.71. The average Bonchev–Trinajstić information content (AvgIpc) is 2.36. The second kappa shape index (κ2) is 4.76. The van der Waals surface area contributed by atoms with Crippen LogP contribution in [-0.4, -0.2) is 13.1 Å². The molecule has 2 nitrogen and oxygen atoms in total. The first-order valence-electron chi connectivity index (χ1n) is 6.03. The van der Waals surface area contributed by atoms with Crippen molar-refractivity contribution in [3.8, 4) is 0 Å². The summed E-state index contributed by atoms with van der Waals surface area (Å²) in [6.07, 6.45) is 0. The summed E-state index contributed by atoms with van der Waals surface area (Å²) in [5, 5.41) is 5.99. The highest BCUT2D eigenvalue weighted by Crippen LogP contribution is 2.20. The van der Waals surface area contributed by atoms with Crippen LogP contribution in [0.25, 0.3) is 10.8 Å². The third kappa shape index (κ3) is 2.98. The number of fused-ring (bicyclic) bond motifs is 1. The number of nitrogens with two attached hydrogens (primary N) is 1. The molecule has 0 atom stereocenters. The maximum atomic E-state index is 5.72. The largest absolute Gasteiger partial charge is 0.384 e. The Kier molecular flexibility index (Phi) is 3.34. The third-order valence-corrected chi connectivity index (χ3v) is 3.07. The molecule has 2 rings (SSSR count). The van der Waals surface area contributed by atoms with Gasteiger partial charge in [-0.25, -0.2) is 0 Å². The number of benzene rings is 2. The van der Waals surface area contributed by atoms with Gasteiger partial charge in [-0.3, -0.25) is 0 Å². The van der Waals surface area contributed by atoms with Crippen LogP contribution in [-0.2, 0) is 0 Å². The van der Waals surface area contributed by atoms with Gasteiger partial charge in [0, 0.05) is 12.2 Å². The minimum absolute atomic E-state index is 0.131. The average molecular weight is 228 g/mol. The van der Waals surface area contributed by atoms with Crippen molar-refractivity contribution in [1.29, 1.82) is 0 Å². The smallest absolute Gasteiger partial charge is 0.0346 e. The molecule has 2 aromatic carbocycles. The minimum atomic E-state index is 0.131. The molecule has 0 heterocycles. The van der Waals surface area contributed by atoms with Crippen molar-refractivity contribution >= 4 is 16.5 Å². The van der Waals surface area contributed by atoms with Gasteiger partial charge in [-0.15, -0.1) is 0 Å². The maximum absolute atomic E-state index is 5.72. The van der Waals surface area contributed by atoms with Crippen molar-refractivity contribution in [3.63, 3.8) is 0 Å². The van der Waals surface area contributed by atoms with Gasteiger partial charge < -0.3 is 11.1 Å². The standard InChI is InChI=1S/C15H20N2/c1-15(2,10-16)11-17-14-8-7-12-5-3-4-6-13(12)9-14/h3-9,17H,10-11,16H2,1-2H3. The van der Waals surface area contributed by atoms with Crippen molar-refractivity contribution in [1.82, 2.24) is 0 Å². The first-order valence-corrected chi connectivity index (χ1v) is 6.03. The first-order chi connectivity index (χ1) is 8.11. The highest BCUT2D eigenvalue weighted by atomic mass is 14.9. The Morgan fingerprint density at radius 2 is 1.76 bits per heavy atom. The van der Waals surface area contributed by atoms with E-state index in [0.717, 1.165) is 12.2 Å². The van der Waals surface area contributed by atoms with E-state index in [1.807, 2.05) is 0 Å². The molecule has 0 bridgehead atoms. The van der Waals surface area contributed by atoms with E-state index in [-0.39, 0.29) is 5.41 Å². The van der Waals surface area contributed by atoms with Gasteiger partial charge >= 0.3 is 0 Å². The second-order valence-corrected chi connectivity index (χ2v) is 5.28. The lowest BCUT2D eigenvalue weighted by Crippen LogP contribution is -2.31. The van der Waals surface area contributed by atoms with E-state index in [1.165, 1.54) is 10.8 Å². The number of hydrogen-bond donors (Lipinski definition) is 2. The summed E-state index contributed by atoms with van der Waals surface area (Å²) in [7, 11) is 0. The topological polar surface area (TPSA) is 38.0 Å². The predicted octanol–water partition coefficient (Wildman–Crippen LogP) is 3.24. The molecule has 17 heavy (non-hydrogen) atoms. The Morgan fingerprint density at radius 1 is 1.06 bits per heavy atom. The SMILES string of the molecule is CC(C)(CN)CNc1ccc2ccccc2c1. The molecule has 0 fully saturated rings. The van der Waals surface area contributed by atoms with Gasteiger partial charge in [0.15, 0.2) is 0 Å². The summed E-state index contributed by atoms with van der Waals surface area (Å²) < 4.78 is 0. The van der Waals surface area contributed by atoms with Crippen molar-refractivity contribution < 1.29 is 0 Å². The zero-order chi connectivity index (χ0) is 12.3. The van der Waals surface area contributed by atoms with Crippen LogP contribution in [0.1, 0.15) is 13.8 Å². The summed E-state index contributed by atoms with van der Waals surface area (Å²) in [5.41, 5.74) is 7.01. The molecule has 0 unspecified atom stereocenters. The Bertz CT molecular complexity index is 503. The maximum Gasteiger partial charge on any atom is 0.0346 e. The third-order valence-electron chi connectivity index (χ3n) is 3.07. The Balaban J connectivity index is 2.14. The van der Waals surface area contributed by atoms with E-state index in [2.05, 4.69) is 61.6 Å². The van der Waals surface area contributed by atoms with E-state index < -0.39 is 0 Å². The van der Waals surface area contributed by atoms with Crippen LogP contribution in [0.4, 0.5) is 5.69 Å². The number of rotatable bonds is 4. The molecule has 0 spiro atoms. The highest BCUT2D eigenvalue weighted by molar-refractivity contribution is 5.85. The molecule has 0 aromatic heterocycles. The zero-order valence-corrected chi connectivity index (χ0v) is 10.5. The number of hydrogen-bond acceptors (Lipinski definition) is 2. The predicted molar refractivity (Wildman–Crippen MR) is 75.3 cm³/mol. The highest BCUT2D eigenvalue weighted by Gasteiger charge is 2.14. The van der Waals surface area contributed by atoms with Gasteiger partial charge in [0.25, 0.3) is 0 Å². The van der Waals surface area contributed by atoms with Gasteiger partial charge in [-0.1, -0.05) is 44.2 Å². The normalized spacial score (nSPS) is 11.7. The van der Waals surface area contributed by atoms with E-state index in [0.29, 0.717) is 6.54 Å². The first kappa shape index (κ1) is 11.9. The van der Waals surface area contributed by atoms with Gasteiger partial charge in [-0.2, -0.15) is 0 Å². The summed E-state index contributed by atoms with van der Waals surface area (Å²) in [6.45, 7) is 5.91. The van der Waals surface area contributed by atoms with Crippen LogP contribution in [0.5, 0.6) is 0 Å². The fraction of sp³-hybridized carbons (Fsp3) is 0.333. The molecule has 0 aliphatic rings. The molecular weight excluding hydrogens is 208 g/mol. The fourth-order valence-electron chi connectivity index (χ4n) is 1.71. The molecule has 0 saturated carbocycles. The summed E-state index contributed by atoms with van der Waals surface area (Å²) in [4.78, 5) is 0. The quantitative estimate of drug-likeness (QED) is 0.843. The van der Waals surface area contributed by atoms with Crippen LogP contribution >= 0.6 is 0 Å². The lowest BCUT2D eigenvalue weighted by atomic mass is 9.94. The van der Waals surface area contributed by atoms with E-state index >= 15 is 0 Å². The molecule has 0 aliphatic carbocycles. The lowest BCUT2D eigenvalue weighted by Gasteiger charge is -2.23. The molecule has 0 aliphatic heterocycles. The van der Waals surface area contributed by atoms with E-state index in [1.54, 1.807) is 0 Å². The molecular formula is C15H20N2. The molecule has 2 aromatic rings. The van der Waals surface area contributed by atoms with E-state index in [4.69, 9.17) is 5.73 Å². The Labute approximate surface area is 103 Å². The summed E-state index contributed by atoms with van der Waals surface area (Å²) >= 11 is 0. The van der Waals surface area contributed by atoms with Crippen LogP contribution in [0.3, 0.4) is 0 Å². The van der Waals surface area contributed by atoms with Crippen LogP contribution < -0.4 is 11.1 Å². The molecule has 0 saturated heterocycles. The van der Waals surface area contributed by atoms with Crippen molar-refractivity contribution in [3.05, 3.63) is 42.5 Å². The number of anilines is 1. The molecule has 0 amide bonds. The molecule has 90 valence electrons. The van der Waals surface area contributed by atoms with Crippen LogP contribution in [0.15, 0.2) is 42.5 Å². The van der Waals surface area contributed by atoms with Gasteiger partial charge in [0.1, 0.15) is 0 Å². The lowest BCUT2D eigenvalue weighted by molar-refractivity contribution is 0.406. The van der Waals surface area contributed by atoms with Crippen LogP contribution in [0.2, 0.25) is 0 Å². The summed E-state index contributed by atoms with van der Waals surface area (Å²) in [6, 6.07) is 14.8. The Hall–Kier alpha value is -1.54. The van der Waals surface area contributed by atoms with Crippen molar-refractivity contribution in [2.24, 2.45) is 11.1 Å². The van der Waals surface area contributed by atoms with Crippen molar-refractivity contribution in [2.45, 2.75) is 13.8 Å². The summed E-state index contributed by atoms with van der Waals surface area (Å²) in [5.74, 6) is 0. The zero-order valence-electron chi connectivity index (χ0n) is 10.5. The molecule has 2 heteroatoms. The van der Waals surface area contributed by atoms with E-state index in [9.17, 15) is 0 Å². The monoisotopic (exact) mass is 228 g/mol. The molecule has 0 radical (unpaired) electrons. The van der Waals surface area contributed by atoms with Gasteiger partial charge in [0.2, 0.25) is 0 Å². The molecule has 3 N–H and O–H groups in total. The second-order valence-electron chi connectivity index (χ2n) is 5.28. The minimum Gasteiger partial charge on any atom is -0.384 e. The Morgan fingerprint density at radius 3 is 2.47 bits per heavy atom. The number of nitrogens with one attached hydrogen (secondary N) is 1. The van der Waals surface area contributed by atoms with Crippen LogP contribution in [0, 0.1) is 5.41 Å². The van der Waals surface area contributed by atoms with Crippen molar-refractivity contribution in [2.75, 3.05) is 18.4 Å². The van der Waals surface area contributed by atoms with Gasteiger partial charge in [0.05, 0.1) is 0 Å². The van der Waals surface area contributed by atoms with Gasteiger partial charge in [-0.05, 0) is 34.9 Å².